The lowest BCUT2D eigenvalue weighted by Crippen LogP contribution is -2.24. The summed E-state index contributed by atoms with van der Waals surface area (Å²) < 4.78 is 30.2. The maximum Gasteiger partial charge on any atom is 0.231 e. The van der Waals surface area contributed by atoms with E-state index in [4.69, 9.17) is 11.6 Å². The van der Waals surface area contributed by atoms with E-state index in [1.807, 2.05) is 0 Å². The van der Waals surface area contributed by atoms with Crippen molar-refractivity contribution in [2.24, 2.45) is 5.92 Å². The molecule has 33 heavy (non-hydrogen) atoms. The van der Waals surface area contributed by atoms with Crippen LogP contribution in [-0.4, -0.2) is 37.6 Å². The molecule has 170 valence electrons. The number of rotatable bonds is 5. The zero-order valence-corrected chi connectivity index (χ0v) is 18.4. The van der Waals surface area contributed by atoms with Crippen LogP contribution in [0.15, 0.2) is 30.7 Å². The number of aromatic nitrogens is 4. The normalized spacial score (nSPS) is 18.5. The minimum Gasteiger partial charge on any atom is -0.350 e. The fourth-order valence-electron chi connectivity index (χ4n) is 4.06. The minimum atomic E-state index is -1.10. The second-order valence-electron chi connectivity index (χ2n) is 8.15. The predicted octanol–water partition coefficient (Wildman–Crippen LogP) is 4.16. The van der Waals surface area contributed by atoms with Gasteiger partial charge in [0.25, 0.3) is 0 Å². The molecule has 0 saturated heterocycles. The number of pyridine rings is 1. The van der Waals surface area contributed by atoms with Gasteiger partial charge in [-0.05, 0) is 25.5 Å². The standard InChI is InChI=1S/C22H19ClF2N6O2/c1-9(27-10(2)32)17-20(25)19(23)18(13-6-26-30-21(13)17)11-3-4-16-28-15(8-31(16)7-11)29-22(33)12-5-14(12)24/h3-4,6-9,12,14H,5H2,1-2H3,(H,26,30)(H,27,32)(H,29,33). The molecular formula is C22H19ClF2N6O2. The first-order valence-corrected chi connectivity index (χ1v) is 10.7. The van der Waals surface area contributed by atoms with Gasteiger partial charge in [-0.2, -0.15) is 5.10 Å². The van der Waals surface area contributed by atoms with Crippen molar-refractivity contribution >= 4 is 45.8 Å². The molecule has 11 heteroatoms. The number of alkyl halides is 1. The van der Waals surface area contributed by atoms with E-state index in [0.29, 0.717) is 33.5 Å². The number of aromatic amines is 1. The predicted molar refractivity (Wildman–Crippen MR) is 119 cm³/mol. The molecule has 1 aromatic carbocycles. The molecule has 0 aliphatic heterocycles. The first-order valence-electron chi connectivity index (χ1n) is 10.3. The number of halogens is 3. The number of H-pyrrole nitrogens is 1. The van der Waals surface area contributed by atoms with Crippen molar-refractivity contribution in [1.29, 1.82) is 0 Å². The molecule has 4 aromatic rings. The van der Waals surface area contributed by atoms with E-state index in [0.717, 1.165) is 0 Å². The number of carbonyl (C=O) groups is 2. The SMILES string of the molecule is CC(=O)NC(C)c1c(F)c(Cl)c(-c2ccc3nc(NC(=O)C4CC4F)cn3c2)c2cn[nH]c12. The zero-order chi connectivity index (χ0) is 23.4. The second kappa shape index (κ2) is 7.80. The third kappa shape index (κ3) is 3.70. The number of fused-ring (bicyclic) bond motifs is 2. The number of anilines is 1. The summed E-state index contributed by atoms with van der Waals surface area (Å²) in [6, 6.07) is 2.81. The van der Waals surface area contributed by atoms with E-state index in [2.05, 4.69) is 25.8 Å². The topological polar surface area (TPSA) is 104 Å². The molecule has 8 nitrogen and oxygen atoms in total. The number of nitrogens with one attached hydrogen (secondary N) is 3. The number of hydrogen-bond donors (Lipinski definition) is 3. The second-order valence-corrected chi connectivity index (χ2v) is 8.53. The number of imidazole rings is 1. The van der Waals surface area contributed by atoms with Crippen LogP contribution >= 0.6 is 11.6 Å². The highest BCUT2D eigenvalue weighted by molar-refractivity contribution is 6.35. The third-order valence-corrected chi connectivity index (χ3v) is 6.07. The van der Waals surface area contributed by atoms with Crippen LogP contribution in [0, 0.1) is 11.7 Å². The van der Waals surface area contributed by atoms with Gasteiger partial charge in [0, 0.05) is 35.2 Å². The van der Waals surface area contributed by atoms with Crippen LogP contribution < -0.4 is 10.6 Å². The van der Waals surface area contributed by atoms with Gasteiger partial charge in [0.05, 0.1) is 34.9 Å². The number of amides is 2. The van der Waals surface area contributed by atoms with Crippen LogP contribution in [0.4, 0.5) is 14.6 Å². The smallest absolute Gasteiger partial charge is 0.231 e. The quantitative estimate of drug-likeness (QED) is 0.405. The highest BCUT2D eigenvalue weighted by atomic mass is 35.5. The molecule has 3 heterocycles. The molecule has 1 fully saturated rings. The number of hydrogen-bond acceptors (Lipinski definition) is 4. The van der Waals surface area contributed by atoms with Gasteiger partial charge in [-0.15, -0.1) is 0 Å². The Hall–Kier alpha value is -3.53. The fraction of sp³-hybridized carbons (Fsp3) is 0.273. The van der Waals surface area contributed by atoms with E-state index < -0.39 is 29.9 Å². The molecule has 0 spiro atoms. The molecule has 3 aromatic heterocycles. The summed E-state index contributed by atoms with van der Waals surface area (Å²) in [7, 11) is 0. The summed E-state index contributed by atoms with van der Waals surface area (Å²) in [5.74, 6) is -1.69. The lowest BCUT2D eigenvalue weighted by Gasteiger charge is -2.18. The summed E-state index contributed by atoms with van der Waals surface area (Å²) >= 11 is 6.48. The molecule has 0 bridgehead atoms. The largest absolute Gasteiger partial charge is 0.350 e. The van der Waals surface area contributed by atoms with Gasteiger partial charge in [0.1, 0.15) is 17.6 Å². The van der Waals surface area contributed by atoms with Crippen LogP contribution in [0.5, 0.6) is 0 Å². The van der Waals surface area contributed by atoms with Crippen molar-refractivity contribution in [3.63, 3.8) is 0 Å². The average molecular weight is 473 g/mol. The maximum absolute atomic E-state index is 15.4. The van der Waals surface area contributed by atoms with E-state index in [1.54, 1.807) is 42.0 Å². The Labute approximate surface area is 191 Å². The summed E-state index contributed by atoms with van der Waals surface area (Å²) in [4.78, 5) is 27.8. The highest BCUT2D eigenvalue weighted by Crippen LogP contribution is 2.41. The van der Waals surface area contributed by atoms with E-state index >= 15 is 4.39 Å². The molecular weight excluding hydrogens is 454 g/mol. The summed E-state index contributed by atoms with van der Waals surface area (Å²) in [6.07, 6.45) is 3.98. The van der Waals surface area contributed by atoms with Crippen LogP contribution in [-0.2, 0) is 9.59 Å². The van der Waals surface area contributed by atoms with Gasteiger partial charge in [0.15, 0.2) is 5.82 Å². The van der Waals surface area contributed by atoms with Crippen molar-refractivity contribution in [2.45, 2.75) is 32.5 Å². The lowest BCUT2D eigenvalue weighted by molar-refractivity contribution is -0.119. The Bertz CT molecular complexity index is 1430. The Morgan fingerprint density at radius 3 is 2.79 bits per heavy atom. The van der Waals surface area contributed by atoms with Crippen LogP contribution in [0.2, 0.25) is 5.02 Å². The average Bonchev–Trinajstić information content (AvgIpc) is 3.12. The van der Waals surface area contributed by atoms with Crippen molar-refractivity contribution in [3.05, 3.63) is 47.1 Å². The van der Waals surface area contributed by atoms with Crippen molar-refractivity contribution in [3.8, 4) is 11.1 Å². The zero-order valence-electron chi connectivity index (χ0n) is 17.6. The van der Waals surface area contributed by atoms with Crippen molar-refractivity contribution in [2.75, 3.05) is 5.32 Å². The summed E-state index contributed by atoms with van der Waals surface area (Å²) in [5.41, 5.74) is 2.20. The van der Waals surface area contributed by atoms with Crippen molar-refractivity contribution in [1.82, 2.24) is 24.9 Å². The molecule has 3 N–H and O–H groups in total. The van der Waals surface area contributed by atoms with E-state index in [1.165, 1.54) is 6.92 Å². The summed E-state index contributed by atoms with van der Waals surface area (Å²) in [5, 5.41) is 12.6. The van der Waals surface area contributed by atoms with Crippen LogP contribution in [0.3, 0.4) is 0 Å². The Morgan fingerprint density at radius 2 is 2.09 bits per heavy atom. The molecule has 1 saturated carbocycles. The number of benzene rings is 1. The molecule has 1 aliphatic rings. The van der Waals surface area contributed by atoms with Gasteiger partial charge in [-0.3, -0.25) is 14.7 Å². The van der Waals surface area contributed by atoms with Gasteiger partial charge >= 0.3 is 0 Å². The Kier molecular flexibility index (Phi) is 5.04. The Morgan fingerprint density at radius 1 is 1.33 bits per heavy atom. The van der Waals surface area contributed by atoms with Gasteiger partial charge in [-0.25, -0.2) is 13.8 Å². The molecule has 3 unspecified atom stereocenters. The molecule has 2 amide bonds. The van der Waals surface area contributed by atoms with E-state index in [9.17, 15) is 14.0 Å². The van der Waals surface area contributed by atoms with Crippen LogP contribution in [0.25, 0.3) is 27.7 Å². The molecule has 3 atom stereocenters. The van der Waals surface area contributed by atoms with Gasteiger partial charge in [-0.1, -0.05) is 11.6 Å². The van der Waals surface area contributed by atoms with Crippen LogP contribution in [0.1, 0.15) is 31.9 Å². The fourth-order valence-corrected chi connectivity index (χ4v) is 4.37. The van der Waals surface area contributed by atoms with Gasteiger partial charge in [0.2, 0.25) is 11.8 Å². The maximum atomic E-state index is 15.4. The highest BCUT2D eigenvalue weighted by Gasteiger charge is 2.43. The van der Waals surface area contributed by atoms with E-state index in [-0.39, 0.29) is 22.9 Å². The first kappa shape index (κ1) is 21.3. The molecule has 5 rings (SSSR count). The molecule has 1 aliphatic carbocycles. The summed E-state index contributed by atoms with van der Waals surface area (Å²) in [6.45, 7) is 3.02. The minimum absolute atomic E-state index is 0.105. The monoisotopic (exact) mass is 472 g/mol. The number of carbonyl (C=O) groups excluding carboxylic acids is 2. The molecule has 0 radical (unpaired) electrons. The van der Waals surface area contributed by atoms with Crippen molar-refractivity contribution < 1.29 is 18.4 Å². The van der Waals surface area contributed by atoms with Gasteiger partial charge < -0.3 is 15.0 Å². The first-order chi connectivity index (χ1) is 15.7. The number of nitrogens with zero attached hydrogens (tertiary/aromatic N) is 3. The Balaban J connectivity index is 1.57. The lowest BCUT2D eigenvalue weighted by atomic mass is 9.96. The third-order valence-electron chi connectivity index (χ3n) is 5.72.